The highest BCUT2D eigenvalue weighted by molar-refractivity contribution is 7.94. The first-order chi connectivity index (χ1) is 8.23. The Labute approximate surface area is 107 Å². The molecule has 0 radical (unpaired) electrons. The fraction of sp³-hybridized carbons (Fsp3) is 0.462. The highest BCUT2D eigenvalue weighted by Gasteiger charge is 2.68. The Kier molecular flexibility index (Phi) is 2.77. The lowest BCUT2D eigenvalue weighted by Crippen LogP contribution is -2.34. The molecule has 1 aliphatic rings. The summed E-state index contributed by atoms with van der Waals surface area (Å²) in [5.41, 5.74) is 1.56. The number of carboxylic acids is 1. The summed E-state index contributed by atoms with van der Waals surface area (Å²) in [6, 6.07) is 4.97. The van der Waals surface area contributed by atoms with E-state index in [0.29, 0.717) is 5.56 Å². The van der Waals surface area contributed by atoms with Gasteiger partial charge in [-0.05, 0) is 37.8 Å². The van der Waals surface area contributed by atoms with Crippen molar-refractivity contribution in [2.75, 3.05) is 0 Å². The van der Waals surface area contributed by atoms with Crippen molar-refractivity contribution < 1.29 is 18.3 Å². The van der Waals surface area contributed by atoms with Gasteiger partial charge < -0.3 is 5.11 Å². The number of carboxylic acid groups (broad SMARTS) is 1. The van der Waals surface area contributed by atoms with Gasteiger partial charge in [-0.2, -0.15) is 0 Å². The molecular weight excluding hydrogens is 252 g/mol. The molecule has 2 rings (SSSR count). The van der Waals surface area contributed by atoms with Crippen LogP contribution in [0.3, 0.4) is 0 Å². The molecule has 1 aromatic carbocycles. The van der Waals surface area contributed by atoms with Gasteiger partial charge in [-0.25, -0.2) is 8.42 Å². The van der Waals surface area contributed by atoms with Crippen molar-refractivity contribution in [3.8, 4) is 0 Å². The van der Waals surface area contributed by atoms with Crippen LogP contribution in [0.1, 0.15) is 24.5 Å². The molecule has 0 aliphatic heterocycles. The van der Waals surface area contributed by atoms with Crippen LogP contribution in [0, 0.1) is 19.8 Å². The fourth-order valence-electron chi connectivity index (χ4n) is 2.48. The number of carbonyl (C=O) groups is 1. The molecule has 1 saturated carbocycles. The van der Waals surface area contributed by atoms with Crippen molar-refractivity contribution in [3.05, 3.63) is 29.3 Å². The molecular formula is C13H16O4S. The van der Waals surface area contributed by atoms with Crippen molar-refractivity contribution in [2.24, 2.45) is 5.92 Å². The molecule has 0 heterocycles. The molecule has 0 aromatic heterocycles. The normalized spacial score (nSPS) is 26.9. The van der Waals surface area contributed by atoms with Gasteiger partial charge in [0, 0.05) is 0 Å². The van der Waals surface area contributed by atoms with E-state index in [9.17, 15) is 18.3 Å². The van der Waals surface area contributed by atoms with Crippen LogP contribution in [0.15, 0.2) is 23.1 Å². The number of rotatable bonds is 3. The Balaban J connectivity index is 2.60. The summed E-state index contributed by atoms with van der Waals surface area (Å²) < 4.78 is 23.4. The molecule has 4 nitrogen and oxygen atoms in total. The number of hydrogen-bond donors (Lipinski definition) is 1. The predicted octanol–water partition coefficient (Wildman–Crippen LogP) is 1.94. The van der Waals surface area contributed by atoms with E-state index in [1.54, 1.807) is 26.0 Å². The third-order valence-corrected chi connectivity index (χ3v) is 6.45. The van der Waals surface area contributed by atoms with E-state index < -0.39 is 20.6 Å². The van der Waals surface area contributed by atoms with Crippen LogP contribution in [0.2, 0.25) is 0 Å². The SMILES string of the molecule is Cc1ccc(S(=O)(=O)C2(C(=O)O)CC2C)c(C)c1. The minimum absolute atomic E-state index is 0.139. The maximum Gasteiger partial charge on any atom is 0.325 e. The second-order valence-corrected chi connectivity index (χ2v) is 7.25. The van der Waals surface area contributed by atoms with Crippen LogP contribution in [0.4, 0.5) is 0 Å². The second-order valence-electron chi connectivity index (χ2n) is 5.07. The van der Waals surface area contributed by atoms with E-state index in [4.69, 9.17) is 0 Å². The summed E-state index contributed by atoms with van der Waals surface area (Å²) in [6.45, 7) is 5.23. The lowest BCUT2D eigenvalue weighted by Gasteiger charge is -2.15. The van der Waals surface area contributed by atoms with Crippen molar-refractivity contribution in [1.82, 2.24) is 0 Å². The first-order valence-electron chi connectivity index (χ1n) is 5.79. The molecule has 1 N–H and O–H groups in total. The average Bonchev–Trinajstić information content (AvgIpc) is 2.91. The summed E-state index contributed by atoms with van der Waals surface area (Å²) in [6.07, 6.45) is 0.192. The number of benzene rings is 1. The smallest absolute Gasteiger partial charge is 0.325 e. The van der Waals surface area contributed by atoms with Gasteiger partial charge in [0.1, 0.15) is 0 Å². The molecule has 1 fully saturated rings. The van der Waals surface area contributed by atoms with Gasteiger partial charge in [0.15, 0.2) is 14.6 Å². The quantitative estimate of drug-likeness (QED) is 0.909. The van der Waals surface area contributed by atoms with E-state index in [1.807, 2.05) is 6.92 Å². The van der Waals surface area contributed by atoms with E-state index in [0.717, 1.165) is 5.56 Å². The minimum Gasteiger partial charge on any atom is -0.480 e. The highest BCUT2D eigenvalue weighted by Crippen LogP contribution is 2.52. The van der Waals surface area contributed by atoms with E-state index >= 15 is 0 Å². The zero-order valence-electron chi connectivity index (χ0n) is 10.6. The molecule has 1 aromatic rings. The largest absolute Gasteiger partial charge is 0.480 e. The van der Waals surface area contributed by atoms with Gasteiger partial charge in [-0.15, -0.1) is 0 Å². The van der Waals surface area contributed by atoms with Crippen molar-refractivity contribution in [1.29, 1.82) is 0 Å². The van der Waals surface area contributed by atoms with E-state index in [1.165, 1.54) is 6.07 Å². The van der Waals surface area contributed by atoms with Crippen LogP contribution in [-0.2, 0) is 14.6 Å². The van der Waals surface area contributed by atoms with Gasteiger partial charge in [0.25, 0.3) is 0 Å². The third kappa shape index (κ3) is 1.57. The monoisotopic (exact) mass is 268 g/mol. The zero-order valence-corrected chi connectivity index (χ0v) is 11.4. The van der Waals surface area contributed by atoms with Crippen LogP contribution in [0.5, 0.6) is 0 Å². The number of aliphatic carboxylic acids is 1. The Hall–Kier alpha value is -1.36. The van der Waals surface area contributed by atoms with Crippen LogP contribution >= 0.6 is 0 Å². The molecule has 1 aliphatic carbocycles. The van der Waals surface area contributed by atoms with Crippen LogP contribution < -0.4 is 0 Å². The molecule has 18 heavy (non-hydrogen) atoms. The van der Waals surface area contributed by atoms with E-state index in [-0.39, 0.29) is 17.2 Å². The first kappa shape index (κ1) is 13.1. The van der Waals surface area contributed by atoms with Crippen molar-refractivity contribution in [2.45, 2.75) is 36.8 Å². The van der Waals surface area contributed by atoms with Crippen LogP contribution in [0.25, 0.3) is 0 Å². The minimum atomic E-state index is -3.82. The number of hydrogen-bond acceptors (Lipinski definition) is 3. The molecule has 2 atom stereocenters. The summed E-state index contributed by atoms with van der Waals surface area (Å²) in [5.74, 6) is -1.57. The van der Waals surface area contributed by atoms with Crippen molar-refractivity contribution >= 4 is 15.8 Å². The maximum absolute atomic E-state index is 12.5. The maximum atomic E-state index is 12.5. The molecule has 0 saturated heterocycles. The Bertz CT molecular complexity index is 618. The Morgan fingerprint density at radius 1 is 1.39 bits per heavy atom. The topological polar surface area (TPSA) is 71.4 Å². The third-order valence-electron chi connectivity index (χ3n) is 3.71. The number of sulfone groups is 1. The molecule has 0 bridgehead atoms. The van der Waals surface area contributed by atoms with Gasteiger partial charge in [0.2, 0.25) is 0 Å². The Morgan fingerprint density at radius 3 is 2.33 bits per heavy atom. The molecule has 2 unspecified atom stereocenters. The van der Waals surface area contributed by atoms with Gasteiger partial charge in [-0.1, -0.05) is 24.6 Å². The Morgan fingerprint density at radius 2 is 1.94 bits per heavy atom. The molecule has 0 spiro atoms. The molecule has 98 valence electrons. The summed E-state index contributed by atoms with van der Waals surface area (Å²) >= 11 is 0. The lowest BCUT2D eigenvalue weighted by molar-refractivity contribution is -0.137. The first-order valence-corrected chi connectivity index (χ1v) is 7.27. The molecule has 5 heteroatoms. The summed E-state index contributed by atoms with van der Waals surface area (Å²) in [7, 11) is -3.82. The predicted molar refractivity (Wildman–Crippen MR) is 67.2 cm³/mol. The van der Waals surface area contributed by atoms with Gasteiger partial charge in [0.05, 0.1) is 4.90 Å². The van der Waals surface area contributed by atoms with Gasteiger partial charge >= 0.3 is 5.97 Å². The zero-order chi connectivity index (χ0) is 13.7. The summed E-state index contributed by atoms with van der Waals surface area (Å²) in [5, 5.41) is 9.24. The van der Waals surface area contributed by atoms with E-state index in [2.05, 4.69) is 0 Å². The second kappa shape index (κ2) is 3.82. The summed E-state index contributed by atoms with van der Waals surface area (Å²) in [4.78, 5) is 11.5. The van der Waals surface area contributed by atoms with Crippen LogP contribution in [-0.4, -0.2) is 24.2 Å². The lowest BCUT2D eigenvalue weighted by atomic mass is 10.2. The number of aryl methyl sites for hydroxylation is 2. The molecule has 0 amide bonds. The standard InChI is InChI=1S/C13H16O4S/c1-8-4-5-11(9(2)6-8)18(16,17)13(12(14)15)7-10(13)3/h4-6,10H,7H2,1-3H3,(H,14,15). The highest BCUT2D eigenvalue weighted by atomic mass is 32.2. The van der Waals surface area contributed by atoms with Gasteiger partial charge in [-0.3, -0.25) is 4.79 Å². The fourth-order valence-corrected chi connectivity index (χ4v) is 4.83. The van der Waals surface area contributed by atoms with Crippen molar-refractivity contribution in [3.63, 3.8) is 0 Å². The average molecular weight is 268 g/mol.